The number of nitrogens with one attached hydrogen (secondary N) is 1. The summed E-state index contributed by atoms with van der Waals surface area (Å²) in [7, 11) is 0. The van der Waals surface area contributed by atoms with Gasteiger partial charge in [0.25, 0.3) is 0 Å². The van der Waals surface area contributed by atoms with E-state index in [0.29, 0.717) is 5.41 Å². The Morgan fingerprint density at radius 2 is 1.78 bits per heavy atom. The SMILES string of the molecule is CCNC(=NCC(=O)N1CCN(c2ccccc2)CC1)N1CCC(C)(C)C1. The fourth-order valence-electron chi connectivity index (χ4n) is 3.81. The van der Waals surface area contributed by atoms with Crippen LogP contribution in [0.4, 0.5) is 5.69 Å². The lowest BCUT2D eigenvalue weighted by molar-refractivity contribution is -0.129. The zero-order chi connectivity index (χ0) is 19.3. The van der Waals surface area contributed by atoms with Crippen molar-refractivity contribution in [3.05, 3.63) is 30.3 Å². The minimum atomic E-state index is 0.122. The van der Waals surface area contributed by atoms with Gasteiger partial charge in [0.15, 0.2) is 5.96 Å². The number of anilines is 1. The molecular weight excluding hydrogens is 338 g/mol. The molecule has 3 rings (SSSR count). The summed E-state index contributed by atoms with van der Waals surface area (Å²) in [6.07, 6.45) is 1.16. The first kappa shape index (κ1) is 19.5. The van der Waals surface area contributed by atoms with Gasteiger partial charge in [-0.3, -0.25) is 4.79 Å². The third kappa shape index (κ3) is 5.15. The van der Waals surface area contributed by atoms with Gasteiger partial charge < -0.3 is 20.0 Å². The number of para-hydroxylation sites is 1. The van der Waals surface area contributed by atoms with Crippen LogP contribution in [0.15, 0.2) is 35.3 Å². The molecule has 2 aliphatic heterocycles. The van der Waals surface area contributed by atoms with E-state index in [0.717, 1.165) is 58.2 Å². The number of hydrogen-bond acceptors (Lipinski definition) is 3. The summed E-state index contributed by atoms with van der Waals surface area (Å²) in [4.78, 5) is 23.8. The molecule has 0 atom stereocenters. The van der Waals surface area contributed by atoms with Crippen molar-refractivity contribution in [3.63, 3.8) is 0 Å². The highest BCUT2D eigenvalue weighted by Gasteiger charge is 2.31. The van der Waals surface area contributed by atoms with E-state index < -0.39 is 0 Å². The molecule has 2 fully saturated rings. The second kappa shape index (κ2) is 8.63. The average Bonchev–Trinajstić information content (AvgIpc) is 3.05. The normalized spacial score (nSPS) is 20.1. The van der Waals surface area contributed by atoms with E-state index in [1.807, 2.05) is 11.0 Å². The van der Waals surface area contributed by atoms with Crippen molar-refractivity contribution in [2.24, 2.45) is 10.4 Å². The first-order valence-electron chi connectivity index (χ1n) is 10.1. The van der Waals surface area contributed by atoms with E-state index in [-0.39, 0.29) is 12.5 Å². The number of hydrogen-bond donors (Lipinski definition) is 1. The van der Waals surface area contributed by atoms with Crippen LogP contribution in [0.2, 0.25) is 0 Å². The lowest BCUT2D eigenvalue weighted by Crippen LogP contribution is -2.49. The van der Waals surface area contributed by atoms with Crippen LogP contribution < -0.4 is 10.2 Å². The van der Waals surface area contributed by atoms with Crippen LogP contribution in [0.25, 0.3) is 0 Å². The van der Waals surface area contributed by atoms with E-state index in [2.05, 4.69) is 65.1 Å². The minimum Gasteiger partial charge on any atom is -0.368 e. The molecule has 1 aromatic rings. The highest BCUT2D eigenvalue weighted by Crippen LogP contribution is 2.28. The molecule has 1 amide bonds. The highest BCUT2D eigenvalue weighted by atomic mass is 16.2. The standard InChI is InChI=1S/C21H33N5O/c1-4-22-20(26-11-10-21(2,3)17-26)23-16-19(27)25-14-12-24(13-15-25)18-8-6-5-7-9-18/h5-9H,4,10-17H2,1-3H3,(H,22,23). The van der Waals surface area contributed by atoms with Crippen molar-refractivity contribution < 1.29 is 4.79 Å². The summed E-state index contributed by atoms with van der Waals surface area (Å²) in [6.45, 7) is 13.0. The lowest BCUT2D eigenvalue weighted by atomic mass is 9.93. The van der Waals surface area contributed by atoms with Gasteiger partial charge in [-0.05, 0) is 30.9 Å². The molecule has 0 unspecified atom stereocenters. The molecule has 1 N–H and O–H groups in total. The highest BCUT2D eigenvalue weighted by molar-refractivity contribution is 5.85. The summed E-state index contributed by atoms with van der Waals surface area (Å²) in [6, 6.07) is 10.4. The number of amides is 1. The number of carbonyl (C=O) groups is 1. The molecular formula is C21H33N5O. The number of rotatable bonds is 4. The van der Waals surface area contributed by atoms with Gasteiger partial charge in [0.05, 0.1) is 0 Å². The van der Waals surface area contributed by atoms with E-state index in [4.69, 9.17) is 0 Å². The second-order valence-electron chi connectivity index (χ2n) is 8.21. The summed E-state index contributed by atoms with van der Waals surface area (Å²) in [5.74, 6) is 0.996. The second-order valence-corrected chi connectivity index (χ2v) is 8.21. The van der Waals surface area contributed by atoms with Gasteiger partial charge in [-0.15, -0.1) is 0 Å². The Labute approximate surface area is 163 Å². The van der Waals surface area contributed by atoms with Gasteiger partial charge in [0.1, 0.15) is 6.54 Å². The van der Waals surface area contributed by atoms with Crippen molar-refractivity contribution >= 4 is 17.6 Å². The van der Waals surface area contributed by atoms with Crippen LogP contribution >= 0.6 is 0 Å². The number of carbonyl (C=O) groups excluding carboxylic acids is 1. The summed E-state index contributed by atoms with van der Waals surface area (Å²) < 4.78 is 0. The summed E-state index contributed by atoms with van der Waals surface area (Å²) >= 11 is 0. The number of piperazine rings is 1. The van der Waals surface area contributed by atoms with Crippen LogP contribution in [-0.2, 0) is 4.79 Å². The molecule has 0 aliphatic carbocycles. The first-order chi connectivity index (χ1) is 13.0. The van der Waals surface area contributed by atoms with Gasteiger partial charge in [0.2, 0.25) is 5.91 Å². The Bertz CT molecular complexity index is 650. The van der Waals surface area contributed by atoms with Gasteiger partial charge >= 0.3 is 0 Å². The third-order valence-corrected chi connectivity index (χ3v) is 5.43. The molecule has 6 nitrogen and oxygen atoms in total. The molecule has 148 valence electrons. The largest absolute Gasteiger partial charge is 0.368 e. The number of nitrogens with zero attached hydrogens (tertiary/aromatic N) is 4. The third-order valence-electron chi connectivity index (χ3n) is 5.43. The fourth-order valence-corrected chi connectivity index (χ4v) is 3.81. The molecule has 0 spiro atoms. The van der Waals surface area contributed by atoms with E-state index in [9.17, 15) is 4.79 Å². The number of likely N-dealkylation sites (tertiary alicyclic amines) is 1. The molecule has 0 saturated carbocycles. The molecule has 0 radical (unpaired) electrons. The molecule has 27 heavy (non-hydrogen) atoms. The maximum absolute atomic E-state index is 12.6. The molecule has 6 heteroatoms. The number of aliphatic imine (C=N–C) groups is 1. The van der Waals surface area contributed by atoms with Crippen LogP contribution in [0.3, 0.4) is 0 Å². The van der Waals surface area contributed by atoms with Crippen LogP contribution in [0.5, 0.6) is 0 Å². The van der Waals surface area contributed by atoms with Gasteiger partial charge in [-0.25, -0.2) is 4.99 Å². The molecule has 1 aromatic carbocycles. The lowest BCUT2D eigenvalue weighted by Gasteiger charge is -2.36. The maximum Gasteiger partial charge on any atom is 0.244 e. The average molecular weight is 372 g/mol. The van der Waals surface area contributed by atoms with Crippen molar-refractivity contribution in [3.8, 4) is 0 Å². The Morgan fingerprint density at radius 1 is 1.07 bits per heavy atom. The van der Waals surface area contributed by atoms with Gasteiger partial charge in [0, 0.05) is 51.5 Å². The van der Waals surface area contributed by atoms with Crippen LogP contribution in [0.1, 0.15) is 27.2 Å². The van der Waals surface area contributed by atoms with Crippen molar-refractivity contribution in [1.82, 2.24) is 15.1 Å². The fraction of sp³-hybridized carbons (Fsp3) is 0.619. The molecule has 0 bridgehead atoms. The van der Waals surface area contributed by atoms with Crippen molar-refractivity contribution in [2.45, 2.75) is 27.2 Å². The Hall–Kier alpha value is -2.24. The predicted molar refractivity (Wildman–Crippen MR) is 111 cm³/mol. The quantitative estimate of drug-likeness (QED) is 0.650. The van der Waals surface area contributed by atoms with E-state index >= 15 is 0 Å². The zero-order valence-corrected chi connectivity index (χ0v) is 16.9. The Balaban J connectivity index is 1.53. The molecule has 2 heterocycles. The number of benzene rings is 1. The first-order valence-corrected chi connectivity index (χ1v) is 10.1. The molecule has 0 aromatic heterocycles. The van der Waals surface area contributed by atoms with Crippen molar-refractivity contribution in [1.29, 1.82) is 0 Å². The smallest absolute Gasteiger partial charge is 0.244 e. The van der Waals surface area contributed by atoms with Crippen LogP contribution in [0, 0.1) is 5.41 Å². The number of guanidine groups is 1. The topological polar surface area (TPSA) is 51.2 Å². The van der Waals surface area contributed by atoms with E-state index in [1.54, 1.807) is 0 Å². The summed E-state index contributed by atoms with van der Waals surface area (Å²) in [5.41, 5.74) is 1.54. The van der Waals surface area contributed by atoms with Gasteiger partial charge in [-0.1, -0.05) is 32.0 Å². The Kier molecular flexibility index (Phi) is 6.24. The molecule has 2 aliphatic rings. The minimum absolute atomic E-state index is 0.122. The van der Waals surface area contributed by atoms with E-state index in [1.165, 1.54) is 5.69 Å². The predicted octanol–water partition coefficient (Wildman–Crippen LogP) is 2.03. The van der Waals surface area contributed by atoms with Crippen molar-refractivity contribution in [2.75, 3.05) is 57.3 Å². The monoisotopic (exact) mass is 371 g/mol. The zero-order valence-electron chi connectivity index (χ0n) is 16.9. The van der Waals surface area contributed by atoms with Gasteiger partial charge in [-0.2, -0.15) is 0 Å². The molecule has 2 saturated heterocycles. The maximum atomic E-state index is 12.6. The Morgan fingerprint density at radius 3 is 2.37 bits per heavy atom. The summed E-state index contributed by atoms with van der Waals surface area (Å²) in [5, 5.41) is 3.35. The van der Waals surface area contributed by atoms with Crippen LogP contribution in [-0.4, -0.2) is 74.0 Å².